The van der Waals surface area contributed by atoms with Gasteiger partial charge >= 0.3 is 0 Å². The minimum atomic E-state index is -0.664. The van der Waals surface area contributed by atoms with Gasteiger partial charge in [0.15, 0.2) is 5.82 Å². The van der Waals surface area contributed by atoms with Crippen molar-refractivity contribution in [3.63, 3.8) is 0 Å². The van der Waals surface area contributed by atoms with Crippen LogP contribution in [0, 0.1) is 22.9 Å². The largest absolute Gasteiger partial charge is 0.280 e. The molecular weight excluding hydrogens is 199 g/mol. The molecule has 0 radical (unpaired) electrons. The van der Waals surface area contributed by atoms with Gasteiger partial charge in [0.1, 0.15) is 0 Å². The fraction of sp³-hybridized carbons (Fsp3) is 0.100. The summed E-state index contributed by atoms with van der Waals surface area (Å²) in [5.41, 5.74) is 0.352. The summed E-state index contributed by atoms with van der Waals surface area (Å²) in [7, 11) is 0. The summed E-state index contributed by atoms with van der Waals surface area (Å²) in [4.78, 5) is 13.9. The molecule has 0 aliphatic heterocycles. The first-order chi connectivity index (χ1) is 7.11. The highest BCUT2D eigenvalue weighted by Crippen LogP contribution is 2.28. The van der Waals surface area contributed by atoms with Crippen molar-refractivity contribution in [2.75, 3.05) is 0 Å². The highest BCUT2D eigenvalue weighted by molar-refractivity contribution is 5.92. The number of aryl methyl sites for hydroxylation is 1. The van der Waals surface area contributed by atoms with Gasteiger partial charge in [0.2, 0.25) is 0 Å². The summed E-state index contributed by atoms with van der Waals surface area (Å²) in [6, 6.07) is 4.42. The van der Waals surface area contributed by atoms with Gasteiger partial charge in [0.05, 0.1) is 16.5 Å². The Hall–Kier alpha value is -2.04. The molecule has 5 heteroatoms. The Labute approximate surface area is 84.5 Å². The maximum atomic E-state index is 13.4. The predicted molar refractivity (Wildman–Crippen MR) is 53.1 cm³/mol. The molecule has 0 N–H and O–H groups in total. The van der Waals surface area contributed by atoms with E-state index in [-0.39, 0.29) is 11.1 Å². The quantitative estimate of drug-likeness (QED) is 0.532. The average molecular weight is 206 g/mol. The lowest BCUT2D eigenvalue weighted by molar-refractivity contribution is -0.383. The topological polar surface area (TPSA) is 56.0 Å². The highest BCUT2D eigenvalue weighted by atomic mass is 19.1. The molecule has 0 aliphatic rings. The van der Waals surface area contributed by atoms with Crippen LogP contribution in [0.15, 0.2) is 24.4 Å². The number of nitrogens with zero attached hydrogens (tertiary/aromatic N) is 2. The van der Waals surface area contributed by atoms with E-state index in [2.05, 4.69) is 4.98 Å². The predicted octanol–water partition coefficient (Wildman–Crippen LogP) is 2.59. The first-order valence-corrected chi connectivity index (χ1v) is 4.29. The Kier molecular flexibility index (Phi) is 2.07. The van der Waals surface area contributed by atoms with Crippen LogP contribution >= 0.6 is 0 Å². The molecule has 0 bridgehead atoms. The zero-order valence-electron chi connectivity index (χ0n) is 7.90. The van der Waals surface area contributed by atoms with Crippen LogP contribution in [-0.2, 0) is 0 Å². The molecule has 76 valence electrons. The molecule has 0 atom stereocenters. The van der Waals surface area contributed by atoms with Crippen molar-refractivity contribution >= 4 is 16.5 Å². The summed E-state index contributed by atoms with van der Waals surface area (Å²) in [5.74, 6) is -0.664. The number of nitro groups is 1. The molecular formula is C10H7FN2O2. The molecule has 0 fully saturated rings. The van der Waals surface area contributed by atoms with E-state index in [1.165, 1.54) is 12.1 Å². The molecule has 4 nitrogen and oxygen atoms in total. The van der Waals surface area contributed by atoms with E-state index >= 15 is 0 Å². The summed E-state index contributed by atoms with van der Waals surface area (Å²) < 4.78 is 13.4. The second-order valence-corrected chi connectivity index (χ2v) is 3.15. The Morgan fingerprint density at radius 3 is 2.87 bits per heavy atom. The van der Waals surface area contributed by atoms with Gasteiger partial charge in [-0.3, -0.25) is 15.1 Å². The molecule has 0 saturated heterocycles. The Morgan fingerprint density at radius 2 is 2.20 bits per heavy atom. The number of benzene rings is 1. The third-order valence-electron chi connectivity index (χ3n) is 2.24. The van der Waals surface area contributed by atoms with Gasteiger partial charge in [-0.25, -0.2) is 4.39 Å². The molecule has 0 amide bonds. The van der Waals surface area contributed by atoms with Crippen molar-refractivity contribution in [2.45, 2.75) is 6.92 Å². The molecule has 1 aromatic carbocycles. The van der Waals surface area contributed by atoms with Crippen molar-refractivity contribution in [1.29, 1.82) is 0 Å². The van der Waals surface area contributed by atoms with Gasteiger partial charge in [-0.2, -0.15) is 0 Å². The maximum absolute atomic E-state index is 13.4. The lowest BCUT2D eigenvalue weighted by atomic mass is 10.1. The second-order valence-electron chi connectivity index (χ2n) is 3.15. The maximum Gasteiger partial charge on any atom is 0.280 e. The Balaban J connectivity index is 2.96. The van der Waals surface area contributed by atoms with Crippen LogP contribution in [0.2, 0.25) is 0 Å². The molecule has 0 unspecified atom stereocenters. The standard InChI is InChI=1S/C10H7FN2O2/c1-6-7-3-2-4-9(13(14)15)10(7)8(11)5-12-6/h2-5H,1H3. The first kappa shape index (κ1) is 9.51. The Morgan fingerprint density at radius 1 is 1.47 bits per heavy atom. The first-order valence-electron chi connectivity index (χ1n) is 4.29. The van der Waals surface area contributed by atoms with Crippen LogP contribution in [0.1, 0.15) is 5.69 Å². The highest BCUT2D eigenvalue weighted by Gasteiger charge is 2.16. The van der Waals surface area contributed by atoms with Crippen LogP contribution in [-0.4, -0.2) is 9.91 Å². The van der Waals surface area contributed by atoms with Crippen LogP contribution in [0.3, 0.4) is 0 Å². The molecule has 0 spiro atoms. The van der Waals surface area contributed by atoms with E-state index in [9.17, 15) is 14.5 Å². The number of rotatable bonds is 1. The SMILES string of the molecule is Cc1ncc(F)c2c([N+](=O)[O-])cccc12. The number of hydrogen-bond acceptors (Lipinski definition) is 3. The number of nitro benzene ring substituents is 1. The number of aromatic nitrogens is 1. The monoisotopic (exact) mass is 206 g/mol. The third-order valence-corrected chi connectivity index (χ3v) is 2.24. The van der Waals surface area contributed by atoms with Gasteiger partial charge in [-0.15, -0.1) is 0 Å². The lowest BCUT2D eigenvalue weighted by Crippen LogP contribution is -1.94. The molecule has 2 rings (SSSR count). The van der Waals surface area contributed by atoms with Crippen LogP contribution < -0.4 is 0 Å². The van der Waals surface area contributed by atoms with E-state index in [0.717, 1.165) is 6.20 Å². The van der Waals surface area contributed by atoms with E-state index in [0.29, 0.717) is 11.1 Å². The summed E-state index contributed by atoms with van der Waals surface area (Å²) >= 11 is 0. The average Bonchev–Trinajstić information content (AvgIpc) is 2.23. The summed E-state index contributed by atoms with van der Waals surface area (Å²) in [5, 5.41) is 11.2. The van der Waals surface area contributed by atoms with Crippen molar-refractivity contribution in [2.24, 2.45) is 0 Å². The van der Waals surface area contributed by atoms with E-state index < -0.39 is 10.7 Å². The lowest BCUT2D eigenvalue weighted by Gasteiger charge is -2.02. The fourth-order valence-corrected chi connectivity index (χ4v) is 1.53. The molecule has 1 aromatic heterocycles. The van der Waals surface area contributed by atoms with Crippen molar-refractivity contribution in [3.05, 3.63) is 46.0 Å². The van der Waals surface area contributed by atoms with Gasteiger partial charge in [0.25, 0.3) is 5.69 Å². The van der Waals surface area contributed by atoms with Gasteiger partial charge < -0.3 is 0 Å². The van der Waals surface area contributed by atoms with Crippen molar-refractivity contribution in [3.8, 4) is 0 Å². The Bertz CT molecular complexity index is 554. The van der Waals surface area contributed by atoms with Crippen molar-refractivity contribution < 1.29 is 9.31 Å². The summed E-state index contributed by atoms with van der Waals surface area (Å²) in [6.45, 7) is 1.69. The van der Waals surface area contributed by atoms with E-state index in [1.54, 1.807) is 13.0 Å². The van der Waals surface area contributed by atoms with E-state index in [1.807, 2.05) is 0 Å². The van der Waals surface area contributed by atoms with Gasteiger partial charge in [0, 0.05) is 17.1 Å². The second kappa shape index (κ2) is 3.27. The minimum absolute atomic E-state index is 0.0231. The molecule has 15 heavy (non-hydrogen) atoms. The van der Waals surface area contributed by atoms with Crippen molar-refractivity contribution in [1.82, 2.24) is 4.98 Å². The zero-order chi connectivity index (χ0) is 11.0. The number of halogens is 1. The third kappa shape index (κ3) is 1.41. The molecule has 1 heterocycles. The number of pyridine rings is 1. The molecule has 0 saturated carbocycles. The van der Waals surface area contributed by atoms with Crippen LogP contribution in [0.5, 0.6) is 0 Å². The number of hydrogen-bond donors (Lipinski definition) is 0. The van der Waals surface area contributed by atoms with Gasteiger partial charge in [-0.05, 0) is 6.92 Å². The van der Waals surface area contributed by atoms with Gasteiger partial charge in [-0.1, -0.05) is 12.1 Å². The van der Waals surface area contributed by atoms with Crippen LogP contribution in [0.25, 0.3) is 10.8 Å². The van der Waals surface area contributed by atoms with Crippen LogP contribution in [0.4, 0.5) is 10.1 Å². The zero-order valence-corrected chi connectivity index (χ0v) is 7.90. The molecule has 2 aromatic rings. The van der Waals surface area contributed by atoms with E-state index in [4.69, 9.17) is 0 Å². The fourth-order valence-electron chi connectivity index (χ4n) is 1.53. The number of non-ortho nitro benzene ring substituents is 1. The summed E-state index contributed by atoms with van der Waals surface area (Å²) in [6.07, 6.45) is 1.00. The molecule has 0 aliphatic carbocycles. The smallest absolute Gasteiger partial charge is 0.258 e. The normalized spacial score (nSPS) is 10.5. The minimum Gasteiger partial charge on any atom is -0.258 e. The number of fused-ring (bicyclic) bond motifs is 1.